The number of fused-ring (bicyclic) bond motifs is 1. The summed E-state index contributed by atoms with van der Waals surface area (Å²) in [5.74, 6) is 0.668. The third-order valence-corrected chi connectivity index (χ3v) is 10.5. The largest absolute Gasteiger partial charge is 0.507 e. The van der Waals surface area contributed by atoms with Gasteiger partial charge in [0.25, 0.3) is 5.91 Å². The zero-order valence-corrected chi connectivity index (χ0v) is 31.4. The first-order chi connectivity index (χ1) is 25.6. The quantitative estimate of drug-likeness (QED) is 0.0512. The fourth-order valence-corrected chi connectivity index (χ4v) is 7.55. The van der Waals surface area contributed by atoms with Crippen LogP contribution in [0.5, 0.6) is 11.5 Å². The molecule has 0 saturated carbocycles. The van der Waals surface area contributed by atoms with Crippen LogP contribution in [0.15, 0.2) is 84.9 Å². The molecule has 3 aromatic carbocycles. The van der Waals surface area contributed by atoms with E-state index in [9.17, 15) is 14.3 Å². The van der Waals surface area contributed by atoms with E-state index < -0.39 is 5.82 Å². The maximum Gasteiger partial charge on any atom is 0.251 e. The van der Waals surface area contributed by atoms with Gasteiger partial charge in [0.1, 0.15) is 29.5 Å². The number of ether oxygens (including phenoxy) is 2. The molecule has 1 aliphatic carbocycles. The summed E-state index contributed by atoms with van der Waals surface area (Å²) in [7, 11) is 0. The minimum atomic E-state index is -0.517. The van der Waals surface area contributed by atoms with E-state index in [1.54, 1.807) is 6.07 Å². The van der Waals surface area contributed by atoms with E-state index in [1.165, 1.54) is 36.4 Å². The van der Waals surface area contributed by atoms with Gasteiger partial charge in [-0.3, -0.25) is 4.79 Å². The van der Waals surface area contributed by atoms with Crippen LogP contribution in [0.4, 0.5) is 21.6 Å². The molecular formula is C43H48ClFN4O4. The van der Waals surface area contributed by atoms with Crippen molar-refractivity contribution in [1.29, 1.82) is 0 Å². The summed E-state index contributed by atoms with van der Waals surface area (Å²) in [6, 6.07) is 12.0. The van der Waals surface area contributed by atoms with E-state index in [0.717, 1.165) is 61.6 Å². The van der Waals surface area contributed by atoms with Crippen LogP contribution in [0.25, 0.3) is 10.9 Å². The molecule has 53 heavy (non-hydrogen) atoms. The summed E-state index contributed by atoms with van der Waals surface area (Å²) < 4.78 is 25.8. The van der Waals surface area contributed by atoms with Gasteiger partial charge in [0.15, 0.2) is 0 Å². The number of amides is 1. The highest BCUT2D eigenvalue weighted by atomic mass is 35.5. The molecule has 2 aliphatic rings. The number of aromatic hydroxyl groups is 1. The van der Waals surface area contributed by atoms with Crippen LogP contribution in [0.2, 0.25) is 5.02 Å². The minimum Gasteiger partial charge on any atom is -0.507 e. The SMILES string of the molecule is C=C(C)[C@@H]1CCC(C)=C[C@H]1c1c(O)cc(CCCCC)cc1O/C=C/C(=O)Nc1cc2c(Nc3ccc(F)c(Cl)c3)ncnc2cc1C[C@H]1CCOC1. The van der Waals surface area contributed by atoms with Gasteiger partial charge in [-0.1, -0.05) is 55.2 Å². The van der Waals surface area contributed by atoms with Crippen molar-refractivity contribution in [3.8, 4) is 11.5 Å². The highest BCUT2D eigenvalue weighted by Gasteiger charge is 2.31. The van der Waals surface area contributed by atoms with Crippen LogP contribution >= 0.6 is 11.6 Å². The molecule has 0 unspecified atom stereocenters. The molecule has 0 radical (unpaired) electrons. The molecule has 278 valence electrons. The topological polar surface area (TPSA) is 106 Å². The van der Waals surface area contributed by atoms with Gasteiger partial charge in [-0.15, -0.1) is 0 Å². The van der Waals surface area contributed by atoms with Gasteiger partial charge in [0.2, 0.25) is 0 Å². The fraction of sp³-hybridized carbons (Fsp3) is 0.372. The number of aryl methyl sites for hydroxylation is 1. The molecule has 4 aromatic rings. The molecule has 1 aliphatic heterocycles. The first-order valence-corrected chi connectivity index (χ1v) is 18.9. The zero-order valence-electron chi connectivity index (χ0n) is 30.7. The number of unbranched alkanes of at least 4 members (excludes halogenated alkanes) is 2. The van der Waals surface area contributed by atoms with Crippen LogP contribution in [0.1, 0.15) is 81.9 Å². The number of rotatable bonds is 14. The number of halogens is 2. The Morgan fingerprint density at radius 3 is 2.77 bits per heavy atom. The number of allylic oxidation sites excluding steroid dienone is 3. The Kier molecular flexibility index (Phi) is 12.5. The number of anilines is 3. The van der Waals surface area contributed by atoms with Gasteiger partial charge < -0.3 is 25.2 Å². The summed E-state index contributed by atoms with van der Waals surface area (Å²) in [6.45, 7) is 11.9. The van der Waals surface area contributed by atoms with E-state index in [2.05, 4.69) is 47.1 Å². The molecule has 1 amide bonds. The van der Waals surface area contributed by atoms with Crippen LogP contribution < -0.4 is 15.4 Å². The minimum absolute atomic E-state index is 0.0112. The molecule has 0 bridgehead atoms. The van der Waals surface area contributed by atoms with E-state index in [-0.39, 0.29) is 28.5 Å². The average molecular weight is 739 g/mol. The van der Waals surface area contributed by atoms with Crippen molar-refractivity contribution in [2.24, 2.45) is 11.8 Å². The Balaban J connectivity index is 1.29. The fourth-order valence-electron chi connectivity index (χ4n) is 7.37. The molecule has 10 heteroatoms. The average Bonchev–Trinajstić information content (AvgIpc) is 3.63. The van der Waals surface area contributed by atoms with Gasteiger partial charge in [-0.25, -0.2) is 14.4 Å². The Labute approximate surface area is 316 Å². The number of carbonyl (C=O) groups excluding carboxylic acids is 1. The molecule has 1 saturated heterocycles. The molecule has 8 nitrogen and oxygen atoms in total. The van der Waals surface area contributed by atoms with Crippen LogP contribution in [0, 0.1) is 17.7 Å². The first kappa shape index (κ1) is 38.0. The summed E-state index contributed by atoms with van der Waals surface area (Å²) >= 11 is 6.04. The Morgan fingerprint density at radius 2 is 2.02 bits per heavy atom. The standard InChI is InChI=1S/C43H48ClFN4O4/c1-5-6-7-8-28-19-39(50)42(33-17-27(4)9-11-32(33)26(2)3)40(20-28)53-16-14-41(51)49-37-23-34-38(21-30(37)18-29-13-15-52-24-29)46-25-47-43(34)48-31-10-12-36(45)35(44)22-31/h10,12,14,16-17,19-23,25,29,32-33,50H,2,5-9,11,13,15,18,24H2,1,3-4H3,(H,49,51)(H,46,47,48)/b16-14+/t29-,32+,33-/m1/s1. The second-order valence-corrected chi connectivity index (χ2v) is 14.8. The molecule has 3 atom stereocenters. The molecule has 6 rings (SSSR count). The van der Waals surface area contributed by atoms with E-state index in [1.807, 2.05) is 31.2 Å². The monoisotopic (exact) mass is 738 g/mol. The van der Waals surface area contributed by atoms with Crippen molar-refractivity contribution in [2.75, 3.05) is 23.8 Å². The lowest BCUT2D eigenvalue weighted by Gasteiger charge is -2.32. The van der Waals surface area contributed by atoms with Gasteiger partial charge in [-0.05, 0) is 118 Å². The Hall–Kier alpha value is -4.73. The second kappa shape index (κ2) is 17.4. The number of aromatic nitrogens is 2. The van der Waals surface area contributed by atoms with Crippen LogP contribution in [-0.4, -0.2) is 34.2 Å². The second-order valence-electron chi connectivity index (χ2n) is 14.4. The normalized spacial score (nSPS) is 18.7. The van der Waals surface area contributed by atoms with E-state index in [4.69, 9.17) is 21.1 Å². The number of carbonyl (C=O) groups is 1. The lowest BCUT2D eigenvalue weighted by molar-refractivity contribution is -0.112. The lowest BCUT2D eigenvalue weighted by Crippen LogP contribution is -2.18. The van der Waals surface area contributed by atoms with Crippen molar-refractivity contribution in [3.05, 3.63) is 112 Å². The maximum atomic E-state index is 13.9. The molecule has 1 fully saturated rings. The molecule has 1 aromatic heterocycles. The van der Waals surface area contributed by atoms with E-state index in [0.29, 0.717) is 65.0 Å². The van der Waals surface area contributed by atoms with Gasteiger partial charge in [-0.2, -0.15) is 0 Å². The number of nitrogens with one attached hydrogen (secondary N) is 2. The highest BCUT2D eigenvalue weighted by Crippen LogP contribution is 2.47. The van der Waals surface area contributed by atoms with Gasteiger partial charge in [0.05, 0.1) is 16.8 Å². The number of nitrogens with zero attached hydrogens (tertiary/aromatic N) is 2. The van der Waals surface area contributed by atoms with Gasteiger partial charge in [0, 0.05) is 47.5 Å². The third-order valence-electron chi connectivity index (χ3n) is 10.2. The zero-order chi connectivity index (χ0) is 37.5. The number of benzene rings is 3. The number of phenols is 1. The molecule has 0 spiro atoms. The summed E-state index contributed by atoms with van der Waals surface area (Å²) in [6.07, 6.45) is 14.0. The van der Waals surface area contributed by atoms with Crippen molar-refractivity contribution in [2.45, 2.75) is 78.1 Å². The summed E-state index contributed by atoms with van der Waals surface area (Å²) in [4.78, 5) is 22.5. The van der Waals surface area contributed by atoms with E-state index >= 15 is 0 Å². The lowest BCUT2D eigenvalue weighted by atomic mass is 9.73. The van der Waals surface area contributed by atoms with Gasteiger partial charge >= 0.3 is 0 Å². The van der Waals surface area contributed by atoms with Crippen molar-refractivity contribution in [3.63, 3.8) is 0 Å². The highest BCUT2D eigenvalue weighted by molar-refractivity contribution is 6.31. The Morgan fingerprint density at radius 1 is 1.17 bits per heavy atom. The number of hydrogen-bond acceptors (Lipinski definition) is 7. The van der Waals surface area contributed by atoms with Crippen molar-refractivity contribution in [1.82, 2.24) is 9.97 Å². The molecule has 2 heterocycles. The first-order valence-electron chi connectivity index (χ1n) is 18.5. The number of hydrogen-bond donors (Lipinski definition) is 3. The predicted molar refractivity (Wildman–Crippen MR) is 211 cm³/mol. The molecular weight excluding hydrogens is 691 g/mol. The summed E-state index contributed by atoms with van der Waals surface area (Å²) in [5.41, 5.74) is 6.80. The predicted octanol–water partition coefficient (Wildman–Crippen LogP) is 10.7. The molecule has 3 N–H and O–H groups in total. The number of phenolic OH excluding ortho intramolecular Hbond substituents is 1. The smallest absolute Gasteiger partial charge is 0.251 e. The maximum absolute atomic E-state index is 13.9. The Bertz CT molecular complexity index is 2040. The van der Waals surface area contributed by atoms with Crippen LogP contribution in [-0.2, 0) is 22.4 Å². The van der Waals surface area contributed by atoms with Crippen LogP contribution in [0.3, 0.4) is 0 Å². The summed E-state index contributed by atoms with van der Waals surface area (Å²) in [5, 5.41) is 18.4. The van der Waals surface area contributed by atoms with Crippen molar-refractivity contribution < 1.29 is 23.8 Å². The third kappa shape index (κ3) is 9.45. The van der Waals surface area contributed by atoms with Crippen molar-refractivity contribution >= 4 is 45.6 Å².